The molecule has 0 spiro atoms. The first-order valence-electron chi connectivity index (χ1n) is 9.40. The van der Waals surface area contributed by atoms with E-state index in [0.717, 1.165) is 22.0 Å². The van der Waals surface area contributed by atoms with Crippen molar-refractivity contribution in [1.82, 2.24) is 19.2 Å². The van der Waals surface area contributed by atoms with Gasteiger partial charge in [0.15, 0.2) is 5.16 Å². The van der Waals surface area contributed by atoms with Gasteiger partial charge in [-0.3, -0.25) is 9.20 Å². The average molecular weight is 410 g/mol. The molecular weight excluding hydrogens is 388 g/mol. The quantitative estimate of drug-likeness (QED) is 0.343. The summed E-state index contributed by atoms with van der Waals surface area (Å²) in [6, 6.07) is 13.2. The summed E-state index contributed by atoms with van der Waals surface area (Å²) in [5.74, 6) is 1.80. The van der Waals surface area contributed by atoms with Crippen LogP contribution in [0, 0.1) is 6.92 Å². The van der Waals surface area contributed by atoms with E-state index in [2.05, 4.69) is 10.2 Å². The van der Waals surface area contributed by atoms with Crippen LogP contribution in [0.2, 0.25) is 0 Å². The number of nitrogens with zero attached hydrogens (tertiary/aromatic N) is 4. The predicted molar refractivity (Wildman–Crippen MR) is 115 cm³/mol. The first-order valence-corrected chi connectivity index (χ1v) is 10.4. The molecule has 0 aliphatic heterocycles. The molecule has 0 atom stereocenters. The molecule has 0 aliphatic carbocycles. The van der Waals surface area contributed by atoms with Crippen molar-refractivity contribution in [2.45, 2.75) is 19.0 Å². The third-order valence-corrected chi connectivity index (χ3v) is 5.53. The van der Waals surface area contributed by atoms with Crippen LogP contribution < -0.4 is 10.3 Å². The van der Waals surface area contributed by atoms with Gasteiger partial charge >= 0.3 is 0 Å². The fraction of sp³-hybridized carbons (Fsp3) is 0.286. The number of rotatable bonds is 7. The topological polar surface area (TPSA) is 70.7 Å². The third kappa shape index (κ3) is 3.49. The summed E-state index contributed by atoms with van der Waals surface area (Å²) in [4.78, 5) is 13.4. The molecule has 0 aliphatic rings. The van der Waals surface area contributed by atoms with Crippen molar-refractivity contribution in [3.8, 4) is 11.4 Å². The number of hydrogen-bond acceptors (Lipinski definition) is 6. The minimum atomic E-state index is -0.157. The van der Waals surface area contributed by atoms with E-state index in [1.165, 1.54) is 0 Å². The molecule has 4 aromatic rings. The molecule has 29 heavy (non-hydrogen) atoms. The standard InChI is InChI=1S/C21H22N4O3S/c1-4-28-11-12-29-21-23-22-20-24(17-13-14(2)9-10-18(17)27-3)19(26)15-7-5-6-8-16(15)25(20)21/h5-10,13H,4,11-12H2,1-3H3. The molecule has 8 heteroatoms. The second-order valence-corrected chi connectivity index (χ2v) is 7.56. The molecule has 0 saturated heterocycles. The number of ether oxygens (including phenoxy) is 2. The van der Waals surface area contributed by atoms with Gasteiger partial charge in [0, 0.05) is 12.4 Å². The highest BCUT2D eigenvalue weighted by atomic mass is 32.2. The molecule has 0 amide bonds. The van der Waals surface area contributed by atoms with Crippen molar-refractivity contribution >= 4 is 28.4 Å². The monoisotopic (exact) mass is 410 g/mol. The summed E-state index contributed by atoms with van der Waals surface area (Å²) in [7, 11) is 1.59. The van der Waals surface area contributed by atoms with Crippen molar-refractivity contribution in [3.63, 3.8) is 0 Å². The molecule has 150 valence electrons. The summed E-state index contributed by atoms with van der Waals surface area (Å²) in [6.45, 7) is 5.25. The lowest BCUT2D eigenvalue weighted by molar-refractivity contribution is 0.164. The molecule has 0 radical (unpaired) electrons. The Morgan fingerprint density at radius 2 is 1.97 bits per heavy atom. The zero-order valence-corrected chi connectivity index (χ0v) is 17.4. The molecule has 2 aromatic heterocycles. The van der Waals surface area contributed by atoms with Crippen LogP contribution >= 0.6 is 11.8 Å². The van der Waals surface area contributed by atoms with Gasteiger partial charge in [0.25, 0.3) is 5.56 Å². The van der Waals surface area contributed by atoms with Gasteiger partial charge in [-0.15, -0.1) is 10.2 Å². The number of hydrogen-bond donors (Lipinski definition) is 0. The Balaban J connectivity index is 2.00. The zero-order valence-electron chi connectivity index (χ0n) is 16.6. The maximum Gasteiger partial charge on any atom is 0.267 e. The molecule has 2 aromatic carbocycles. The highest BCUT2D eigenvalue weighted by Crippen LogP contribution is 2.27. The first-order chi connectivity index (χ1) is 14.2. The molecule has 0 fully saturated rings. The minimum Gasteiger partial charge on any atom is -0.495 e. The number of aryl methyl sites for hydroxylation is 1. The number of fused-ring (bicyclic) bond motifs is 3. The van der Waals surface area contributed by atoms with Crippen LogP contribution in [0.3, 0.4) is 0 Å². The Morgan fingerprint density at radius 1 is 1.14 bits per heavy atom. The molecule has 2 heterocycles. The van der Waals surface area contributed by atoms with E-state index in [9.17, 15) is 4.79 Å². The molecule has 4 rings (SSSR count). The molecule has 0 N–H and O–H groups in total. The molecular formula is C21H22N4O3S. The third-order valence-electron chi connectivity index (χ3n) is 4.63. The van der Waals surface area contributed by atoms with Crippen LogP contribution in [0.25, 0.3) is 22.4 Å². The van der Waals surface area contributed by atoms with E-state index in [0.29, 0.717) is 35.8 Å². The predicted octanol–water partition coefficient (Wildman–Crippen LogP) is 3.48. The van der Waals surface area contributed by atoms with Gasteiger partial charge in [0.2, 0.25) is 5.78 Å². The van der Waals surface area contributed by atoms with E-state index < -0.39 is 0 Å². The largest absolute Gasteiger partial charge is 0.495 e. The normalized spacial score (nSPS) is 11.4. The first kappa shape index (κ1) is 19.5. The lowest BCUT2D eigenvalue weighted by Gasteiger charge is -2.14. The van der Waals surface area contributed by atoms with Crippen molar-refractivity contribution in [2.75, 3.05) is 26.1 Å². The Morgan fingerprint density at radius 3 is 2.76 bits per heavy atom. The Bertz CT molecular complexity index is 1230. The summed E-state index contributed by atoms with van der Waals surface area (Å²) < 4.78 is 14.5. The molecule has 0 unspecified atom stereocenters. The van der Waals surface area contributed by atoms with E-state index in [4.69, 9.17) is 9.47 Å². The second-order valence-electron chi connectivity index (χ2n) is 6.50. The summed E-state index contributed by atoms with van der Waals surface area (Å²) in [5.41, 5.74) is 2.28. The number of thioether (sulfide) groups is 1. The molecule has 7 nitrogen and oxygen atoms in total. The SMILES string of the molecule is CCOCCSc1nnc2n(-c3cc(C)ccc3OC)c(=O)c3ccccc3n12. The summed E-state index contributed by atoms with van der Waals surface area (Å²) in [6.07, 6.45) is 0. The maximum absolute atomic E-state index is 13.4. The fourth-order valence-corrected chi connectivity index (χ4v) is 4.09. The lowest BCUT2D eigenvalue weighted by Crippen LogP contribution is -2.22. The van der Waals surface area contributed by atoms with E-state index in [-0.39, 0.29) is 5.56 Å². The Hall–Kier alpha value is -2.84. The highest BCUT2D eigenvalue weighted by Gasteiger charge is 2.19. The van der Waals surface area contributed by atoms with Crippen LogP contribution in [-0.2, 0) is 4.74 Å². The maximum atomic E-state index is 13.4. The fourth-order valence-electron chi connectivity index (χ4n) is 3.30. The van der Waals surface area contributed by atoms with Crippen molar-refractivity contribution in [3.05, 3.63) is 58.4 Å². The smallest absolute Gasteiger partial charge is 0.267 e. The lowest BCUT2D eigenvalue weighted by atomic mass is 10.2. The summed E-state index contributed by atoms with van der Waals surface area (Å²) in [5, 5.41) is 10.0. The number of benzene rings is 2. The summed E-state index contributed by atoms with van der Waals surface area (Å²) >= 11 is 1.55. The highest BCUT2D eigenvalue weighted by molar-refractivity contribution is 7.99. The van der Waals surface area contributed by atoms with Crippen molar-refractivity contribution in [1.29, 1.82) is 0 Å². The average Bonchev–Trinajstić information content (AvgIpc) is 3.15. The van der Waals surface area contributed by atoms with Crippen molar-refractivity contribution in [2.24, 2.45) is 0 Å². The van der Waals surface area contributed by atoms with Crippen molar-refractivity contribution < 1.29 is 9.47 Å². The van der Waals surface area contributed by atoms with Gasteiger partial charge < -0.3 is 9.47 Å². The van der Waals surface area contributed by atoms with Crippen LogP contribution in [0.4, 0.5) is 0 Å². The van der Waals surface area contributed by atoms with Crippen LogP contribution in [0.5, 0.6) is 5.75 Å². The Kier molecular flexibility index (Phi) is 5.55. The van der Waals surface area contributed by atoms with Crippen LogP contribution in [0.15, 0.2) is 52.4 Å². The Labute approximate surface area is 172 Å². The van der Waals surface area contributed by atoms with Gasteiger partial charge in [-0.2, -0.15) is 0 Å². The second kappa shape index (κ2) is 8.26. The van der Waals surface area contributed by atoms with E-state index in [1.54, 1.807) is 23.4 Å². The van der Waals surface area contributed by atoms with Gasteiger partial charge in [0.1, 0.15) is 5.75 Å². The van der Waals surface area contributed by atoms with E-state index in [1.807, 2.05) is 60.7 Å². The molecule has 0 saturated carbocycles. The van der Waals surface area contributed by atoms with Gasteiger partial charge in [-0.25, -0.2) is 4.57 Å². The number of para-hydroxylation sites is 1. The zero-order chi connectivity index (χ0) is 20.4. The number of methoxy groups -OCH3 is 1. The molecule has 0 bridgehead atoms. The minimum absolute atomic E-state index is 0.157. The van der Waals surface area contributed by atoms with Crippen LogP contribution in [-0.4, -0.2) is 45.2 Å². The van der Waals surface area contributed by atoms with Gasteiger partial charge in [-0.05, 0) is 43.7 Å². The van der Waals surface area contributed by atoms with E-state index >= 15 is 0 Å². The van der Waals surface area contributed by atoms with Gasteiger partial charge in [0.05, 0.1) is 30.3 Å². The number of aromatic nitrogens is 4. The van der Waals surface area contributed by atoms with Crippen LogP contribution in [0.1, 0.15) is 12.5 Å². The van der Waals surface area contributed by atoms with Gasteiger partial charge in [-0.1, -0.05) is 30.0 Å².